The van der Waals surface area contributed by atoms with Crippen LogP contribution in [0.5, 0.6) is 0 Å². The Morgan fingerprint density at radius 3 is 2.74 bits per heavy atom. The Labute approximate surface area is 134 Å². The van der Waals surface area contributed by atoms with Gasteiger partial charge in [-0.25, -0.2) is 4.39 Å². The van der Waals surface area contributed by atoms with E-state index in [1.807, 2.05) is 18.2 Å². The second kappa shape index (κ2) is 8.19. The maximum absolute atomic E-state index is 14.0. The summed E-state index contributed by atoms with van der Waals surface area (Å²) in [7, 11) is 0. The molecule has 1 aliphatic rings. The number of piperazine rings is 1. The van der Waals surface area contributed by atoms with Crippen LogP contribution in [0, 0.1) is 9.39 Å². The number of hydrogen-bond donors (Lipinski definition) is 1. The van der Waals surface area contributed by atoms with Crippen molar-refractivity contribution in [3.05, 3.63) is 45.8 Å². The lowest BCUT2D eigenvalue weighted by molar-refractivity contribution is 0.171. The summed E-state index contributed by atoms with van der Waals surface area (Å²) in [5.74, 6) is -0.110. The van der Waals surface area contributed by atoms with Crippen LogP contribution in [-0.4, -0.2) is 31.1 Å². The zero-order chi connectivity index (χ0) is 13.0. The van der Waals surface area contributed by atoms with Gasteiger partial charge in [0.2, 0.25) is 0 Å². The van der Waals surface area contributed by atoms with E-state index in [-0.39, 0.29) is 24.3 Å². The molecule has 0 amide bonds. The Bertz CT molecular complexity index is 422. The van der Waals surface area contributed by atoms with E-state index in [1.165, 1.54) is 0 Å². The number of halogens is 3. The normalized spacial score (nSPS) is 17.6. The second-order valence-electron chi connectivity index (χ2n) is 4.49. The topological polar surface area (TPSA) is 15.3 Å². The lowest BCUT2D eigenvalue weighted by Crippen LogP contribution is -2.45. The molecule has 106 valence electrons. The van der Waals surface area contributed by atoms with Gasteiger partial charge in [0.05, 0.1) is 0 Å². The molecule has 0 spiro atoms. The quantitative estimate of drug-likeness (QED) is 0.620. The predicted molar refractivity (Wildman–Crippen MR) is 88.4 cm³/mol. The van der Waals surface area contributed by atoms with Crippen LogP contribution in [0.25, 0.3) is 0 Å². The van der Waals surface area contributed by atoms with Gasteiger partial charge in [-0.3, -0.25) is 4.90 Å². The minimum atomic E-state index is -0.110. The fraction of sp³-hybridized carbons (Fsp3) is 0.429. The molecule has 1 saturated heterocycles. The van der Waals surface area contributed by atoms with Crippen LogP contribution in [0.2, 0.25) is 0 Å². The largest absolute Gasteiger partial charge is 0.314 e. The van der Waals surface area contributed by atoms with Crippen LogP contribution >= 0.6 is 35.0 Å². The van der Waals surface area contributed by atoms with E-state index in [0.717, 1.165) is 41.7 Å². The third-order valence-corrected chi connectivity index (χ3v) is 3.97. The molecule has 1 aromatic rings. The van der Waals surface area contributed by atoms with Crippen molar-refractivity contribution in [3.8, 4) is 0 Å². The summed E-state index contributed by atoms with van der Waals surface area (Å²) in [4.78, 5) is 2.34. The number of hydrogen-bond acceptors (Lipinski definition) is 2. The molecule has 0 aromatic heterocycles. The van der Waals surface area contributed by atoms with Crippen LogP contribution in [0.3, 0.4) is 0 Å². The summed E-state index contributed by atoms with van der Waals surface area (Å²) in [6.45, 7) is 7.67. The minimum Gasteiger partial charge on any atom is -0.314 e. The predicted octanol–water partition coefficient (Wildman–Crippen LogP) is 3.37. The molecule has 2 rings (SSSR count). The molecule has 1 atom stereocenters. The molecule has 0 aliphatic carbocycles. The maximum atomic E-state index is 14.0. The van der Waals surface area contributed by atoms with Crippen LogP contribution in [0.1, 0.15) is 18.0 Å². The molecule has 0 radical (unpaired) electrons. The van der Waals surface area contributed by atoms with Gasteiger partial charge in [0.25, 0.3) is 0 Å². The first-order valence-electron chi connectivity index (χ1n) is 6.23. The van der Waals surface area contributed by atoms with E-state index in [1.54, 1.807) is 6.07 Å². The van der Waals surface area contributed by atoms with Gasteiger partial charge in [-0.05, 0) is 47.2 Å². The highest BCUT2D eigenvalue weighted by atomic mass is 127. The molecule has 1 fully saturated rings. The van der Waals surface area contributed by atoms with E-state index in [4.69, 9.17) is 0 Å². The van der Waals surface area contributed by atoms with Crippen molar-refractivity contribution in [2.24, 2.45) is 0 Å². The Kier molecular flexibility index (Phi) is 7.28. The lowest BCUT2D eigenvalue weighted by atomic mass is 10.0. The third kappa shape index (κ3) is 4.41. The molecule has 0 unspecified atom stereocenters. The zero-order valence-corrected chi connectivity index (χ0v) is 13.7. The molecule has 2 nitrogen and oxygen atoms in total. The minimum absolute atomic E-state index is 0. The van der Waals surface area contributed by atoms with Gasteiger partial charge in [-0.15, -0.1) is 19.0 Å². The van der Waals surface area contributed by atoms with Crippen LogP contribution in [-0.2, 0) is 0 Å². The van der Waals surface area contributed by atoms with Crippen molar-refractivity contribution >= 4 is 35.0 Å². The SMILES string of the molecule is C=CC[C@@H](c1cc(I)ccc1F)N1CCNCC1.Cl. The van der Waals surface area contributed by atoms with Gasteiger partial charge >= 0.3 is 0 Å². The van der Waals surface area contributed by atoms with Crippen molar-refractivity contribution in [1.29, 1.82) is 0 Å². The third-order valence-electron chi connectivity index (χ3n) is 3.30. The number of rotatable bonds is 4. The van der Waals surface area contributed by atoms with Gasteiger partial charge in [-0.1, -0.05) is 6.08 Å². The van der Waals surface area contributed by atoms with Gasteiger partial charge in [-0.2, -0.15) is 0 Å². The van der Waals surface area contributed by atoms with Crippen molar-refractivity contribution in [1.82, 2.24) is 10.2 Å². The zero-order valence-electron chi connectivity index (χ0n) is 10.7. The molecule has 1 heterocycles. The van der Waals surface area contributed by atoms with Crippen molar-refractivity contribution in [2.45, 2.75) is 12.5 Å². The number of benzene rings is 1. The molecule has 5 heteroatoms. The number of nitrogens with zero attached hydrogens (tertiary/aromatic N) is 1. The summed E-state index contributed by atoms with van der Waals surface area (Å²) in [6, 6.07) is 5.43. The molecule has 1 N–H and O–H groups in total. The maximum Gasteiger partial charge on any atom is 0.128 e. The Morgan fingerprint density at radius 2 is 2.11 bits per heavy atom. The molecule has 0 bridgehead atoms. The smallest absolute Gasteiger partial charge is 0.128 e. The van der Waals surface area contributed by atoms with E-state index in [2.05, 4.69) is 39.4 Å². The first-order chi connectivity index (χ1) is 8.72. The fourth-order valence-electron chi connectivity index (χ4n) is 2.39. The van der Waals surface area contributed by atoms with Crippen LogP contribution < -0.4 is 5.32 Å². The van der Waals surface area contributed by atoms with Crippen molar-refractivity contribution in [2.75, 3.05) is 26.2 Å². The van der Waals surface area contributed by atoms with Gasteiger partial charge in [0.15, 0.2) is 0 Å². The van der Waals surface area contributed by atoms with Gasteiger partial charge in [0, 0.05) is 41.4 Å². The van der Waals surface area contributed by atoms with Crippen molar-refractivity contribution in [3.63, 3.8) is 0 Å². The number of nitrogens with one attached hydrogen (secondary N) is 1. The highest BCUT2D eigenvalue weighted by Crippen LogP contribution is 2.28. The molecular weight excluding hydrogens is 378 g/mol. The summed E-state index contributed by atoms with van der Waals surface area (Å²) in [5, 5.41) is 3.33. The summed E-state index contributed by atoms with van der Waals surface area (Å²) >= 11 is 2.23. The van der Waals surface area contributed by atoms with E-state index in [0.29, 0.717) is 0 Å². The van der Waals surface area contributed by atoms with Crippen molar-refractivity contribution < 1.29 is 4.39 Å². The van der Waals surface area contributed by atoms with Crippen LogP contribution in [0.4, 0.5) is 4.39 Å². The first kappa shape index (κ1) is 16.9. The average molecular weight is 397 g/mol. The Morgan fingerprint density at radius 1 is 1.42 bits per heavy atom. The summed E-state index contributed by atoms with van der Waals surface area (Å²) in [6.07, 6.45) is 2.67. The molecule has 19 heavy (non-hydrogen) atoms. The average Bonchev–Trinajstić information content (AvgIpc) is 2.40. The van der Waals surface area contributed by atoms with E-state index >= 15 is 0 Å². The molecule has 0 saturated carbocycles. The fourth-order valence-corrected chi connectivity index (χ4v) is 2.91. The van der Waals surface area contributed by atoms with Gasteiger partial charge in [0.1, 0.15) is 5.82 Å². The molecule has 1 aromatic carbocycles. The summed E-state index contributed by atoms with van der Waals surface area (Å²) < 4.78 is 15.1. The standard InChI is InChI=1S/C14H18FIN2.ClH/c1-2-3-14(18-8-6-17-7-9-18)12-10-11(16)4-5-13(12)15;/h2,4-5,10,14,17H,1,3,6-9H2;1H/t14-;/m0./s1. The second-order valence-corrected chi connectivity index (χ2v) is 5.74. The van der Waals surface area contributed by atoms with Crippen LogP contribution in [0.15, 0.2) is 30.9 Å². The Hall–Kier alpha value is -0.170. The monoisotopic (exact) mass is 396 g/mol. The van der Waals surface area contributed by atoms with E-state index in [9.17, 15) is 4.39 Å². The molecule has 1 aliphatic heterocycles. The lowest BCUT2D eigenvalue weighted by Gasteiger charge is -2.35. The van der Waals surface area contributed by atoms with Gasteiger partial charge < -0.3 is 5.32 Å². The highest BCUT2D eigenvalue weighted by molar-refractivity contribution is 14.1. The van der Waals surface area contributed by atoms with E-state index < -0.39 is 0 Å². The molecular formula is C14H19ClFIN2. The summed E-state index contributed by atoms with van der Waals surface area (Å²) in [5.41, 5.74) is 0.795. The first-order valence-corrected chi connectivity index (χ1v) is 7.31. The Balaban J connectivity index is 0.00000180. The highest BCUT2D eigenvalue weighted by Gasteiger charge is 2.23.